The smallest absolute Gasteiger partial charge is 0.246 e. The van der Waals surface area contributed by atoms with Crippen LogP contribution in [0.25, 0.3) is 0 Å². The van der Waals surface area contributed by atoms with Crippen LogP contribution in [0.4, 0.5) is 0 Å². The highest BCUT2D eigenvalue weighted by Crippen LogP contribution is 2.17. The molecule has 0 radical (unpaired) electrons. The van der Waals surface area contributed by atoms with Gasteiger partial charge < -0.3 is 20.1 Å². The van der Waals surface area contributed by atoms with Gasteiger partial charge in [-0.25, -0.2) is 0 Å². The predicted molar refractivity (Wildman–Crippen MR) is 66.1 cm³/mol. The summed E-state index contributed by atoms with van der Waals surface area (Å²) in [5.41, 5.74) is 0. The molecule has 6 nitrogen and oxygen atoms in total. The van der Waals surface area contributed by atoms with E-state index in [1.807, 2.05) is 0 Å². The first kappa shape index (κ1) is 14.9. The second-order valence-corrected chi connectivity index (χ2v) is 4.29. The minimum absolute atomic E-state index is 0.0514. The van der Waals surface area contributed by atoms with Crippen LogP contribution in [-0.4, -0.2) is 51.3 Å². The van der Waals surface area contributed by atoms with Crippen LogP contribution in [0, 0.1) is 0 Å². The Balaban J connectivity index is 1.84. The Morgan fingerprint density at radius 1 is 1.17 bits per heavy atom. The largest absolute Gasteiger partial charge is 0.377 e. The van der Waals surface area contributed by atoms with Crippen LogP contribution < -0.4 is 10.6 Å². The van der Waals surface area contributed by atoms with Crippen molar-refractivity contribution in [1.82, 2.24) is 10.6 Å². The van der Waals surface area contributed by atoms with Gasteiger partial charge in [0.05, 0.1) is 19.8 Å². The van der Waals surface area contributed by atoms with Gasteiger partial charge in [-0.3, -0.25) is 9.59 Å². The van der Waals surface area contributed by atoms with Crippen LogP contribution in [0.3, 0.4) is 0 Å². The van der Waals surface area contributed by atoms with Crippen molar-refractivity contribution in [2.45, 2.75) is 31.7 Å². The van der Waals surface area contributed by atoms with Gasteiger partial charge >= 0.3 is 0 Å². The topological polar surface area (TPSA) is 76.7 Å². The van der Waals surface area contributed by atoms with E-state index in [2.05, 4.69) is 10.6 Å². The van der Waals surface area contributed by atoms with E-state index in [-0.39, 0.29) is 12.5 Å². The Bertz CT molecular complexity index is 242. The number of ether oxygens (including phenoxy) is 2. The zero-order chi connectivity index (χ0) is 13.1. The summed E-state index contributed by atoms with van der Waals surface area (Å²) >= 11 is 0. The number of hydrogen-bond acceptors (Lipinski definition) is 4. The Morgan fingerprint density at radius 2 is 1.89 bits per heavy atom. The zero-order valence-corrected chi connectivity index (χ0v) is 10.7. The molecular formula is C12H22N2O4. The van der Waals surface area contributed by atoms with Gasteiger partial charge in [-0.2, -0.15) is 0 Å². The first-order valence-corrected chi connectivity index (χ1v) is 6.45. The molecule has 0 unspecified atom stereocenters. The maximum atomic E-state index is 11.4. The Hall–Kier alpha value is -1.14. The third-order valence-corrected chi connectivity index (χ3v) is 2.80. The number of carbonyl (C=O) groups is 2. The summed E-state index contributed by atoms with van der Waals surface area (Å²) in [7, 11) is 0. The Morgan fingerprint density at radius 3 is 2.61 bits per heavy atom. The van der Waals surface area contributed by atoms with Crippen LogP contribution in [0.5, 0.6) is 0 Å². The van der Waals surface area contributed by atoms with Crippen molar-refractivity contribution in [3.63, 3.8) is 0 Å². The lowest BCUT2D eigenvalue weighted by Crippen LogP contribution is -2.35. The molecule has 0 heterocycles. The summed E-state index contributed by atoms with van der Waals surface area (Å²) < 4.78 is 10.4. The van der Waals surface area contributed by atoms with E-state index in [9.17, 15) is 9.59 Å². The van der Waals surface area contributed by atoms with E-state index >= 15 is 0 Å². The number of nitrogens with one attached hydrogen (secondary N) is 2. The van der Waals surface area contributed by atoms with E-state index in [1.165, 1.54) is 12.8 Å². The molecule has 2 amide bonds. The van der Waals surface area contributed by atoms with Gasteiger partial charge in [0.1, 0.15) is 6.61 Å². The average Bonchev–Trinajstić information content (AvgIpc) is 2.85. The lowest BCUT2D eigenvalue weighted by molar-refractivity contribution is -0.127. The van der Waals surface area contributed by atoms with Crippen molar-refractivity contribution in [2.75, 3.05) is 33.0 Å². The molecule has 0 aromatic rings. The molecule has 18 heavy (non-hydrogen) atoms. The van der Waals surface area contributed by atoms with Gasteiger partial charge in [0.25, 0.3) is 0 Å². The van der Waals surface area contributed by atoms with E-state index in [1.54, 1.807) is 0 Å². The molecule has 0 aromatic heterocycles. The van der Waals surface area contributed by atoms with Crippen molar-refractivity contribution in [3.05, 3.63) is 0 Å². The van der Waals surface area contributed by atoms with Gasteiger partial charge in [-0.15, -0.1) is 0 Å². The fourth-order valence-electron chi connectivity index (χ4n) is 1.91. The summed E-state index contributed by atoms with van der Waals surface area (Å²) in [6.07, 6.45) is 5.20. The van der Waals surface area contributed by atoms with Gasteiger partial charge in [0, 0.05) is 12.6 Å². The summed E-state index contributed by atoms with van der Waals surface area (Å²) in [6, 6.07) is 0.340. The Kier molecular flexibility index (Phi) is 8.16. The van der Waals surface area contributed by atoms with Crippen LogP contribution >= 0.6 is 0 Å². The van der Waals surface area contributed by atoms with E-state index in [0.29, 0.717) is 38.8 Å². The lowest BCUT2D eigenvalue weighted by atomic mass is 10.2. The molecule has 0 saturated heterocycles. The summed E-state index contributed by atoms with van der Waals surface area (Å²) in [5, 5.41) is 5.43. The number of rotatable bonds is 10. The minimum Gasteiger partial charge on any atom is -0.377 e. The van der Waals surface area contributed by atoms with Gasteiger partial charge in [-0.1, -0.05) is 12.8 Å². The first-order chi connectivity index (χ1) is 8.83. The standard InChI is InChI=1S/C12H22N2O4/c15-10-13-5-6-17-7-8-18-9-12(16)14-11-3-1-2-4-11/h10-11H,1-9H2,(H,13,15)(H,14,16). The normalized spacial score (nSPS) is 15.6. The summed E-state index contributed by atoms with van der Waals surface area (Å²) in [6.45, 7) is 1.85. The molecule has 0 aliphatic heterocycles. The fraction of sp³-hybridized carbons (Fsp3) is 0.833. The van der Waals surface area contributed by atoms with Crippen molar-refractivity contribution >= 4 is 12.3 Å². The van der Waals surface area contributed by atoms with Crippen molar-refractivity contribution < 1.29 is 19.1 Å². The second-order valence-electron chi connectivity index (χ2n) is 4.29. The molecule has 1 aliphatic carbocycles. The summed E-state index contributed by atoms with van der Waals surface area (Å²) in [4.78, 5) is 21.4. The average molecular weight is 258 g/mol. The molecule has 0 atom stereocenters. The lowest BCUT2D eigenvalue weighted by Gasteiger charge is -2.11. The predicted octanol–water partition coefficient (Wildman–Crippen LogP) is -0.176. The molecule has 1 aliphatic rings. The summed E-state index contributed by atoms with van der Waals surface area (Å²) in [5.74, 6) is -0.0514. The van der Waals surface area contributed by atoms with Crippen molar-refractivity contribution in [2.24, 2.45) is 0 Å². The van der Waals surface area contributed by atoms with Gasteiger partial charge in [0.2, 0.25) is 12.3 Å². The van der Waals surface area contributed by atoms with Gasteiger partial charge in [-0.05, 0) is 12.8 Å². The number of amides is 2. The highest BCUT2D eigenvalue weighted by atomic mass is 16.5. The Labute approximate surface area is 107 Å². The molecule has 104 valence electrons. The second kappa shape index (κ2) is 9.85. The maximum absolute atomic E-state index is 11.4. The highest BCUT2D eigenvalue weighted by Gasteiger charge is 2.16. The van der Waals surface area contributed by atoms with Crippen LogP contribution in [0.15, 0.2) is 0 Å². The molecule has 1 fully saturated rings. The van der Waals surface area contributed by atoms with Crippen LogP contribution in [-0.2, 0) is 19.1 Å². The number of hydrogen-bond donors (Lipinski definition) is 2. The van der Waals surface area contributed by atoms with Crippen LogP contribution in [0.1, 0.15) is 25.7 Å². The maximum Gasteiger partial charge on any atom is 0.246 e. The molecule has 0 aromatic carbocycles. The molecule has 0 bridgehead atoms. The van der Waals surface area contributed by atoms with Crippen molar-refractivity contribution in [3.8, 4) is 0 Å². The van der Waals surface area contributed by atoms with Gasteiger partial charge in [0.15, 0.2) is 0 Å². The first-order valence-electron chi connectivity index (χ1n) is 6.45. The quantitative estimate of drug-likeness (QED) is 0.421. The molecular weight excluding hydrogens is 236 g/mol. The highest BCUT2D eigenvalue weighted by molar-refractivity contribution is 5.77. The van der Waals surface area contributed by atoms with Crippen LogP contribution in [0.2, 0.25) is 0 Å². The molecule has 1 saturated carbocycles. The van der Waals surface area contributed by atoms with E-state index in [4.69, 9.17) is 9.47 Å². The molecule has 6 heteroatoms. The molecule has 1 rings (SSSR count). The third kappa shape index (κ3) is 7.24. The monoisotopic (exact) mass is 258 g/mol. The zero-order valence-electron chi connectivity index (χ0n) is 10.7. The third-order valence-electron chi connectivity index (χ3n) is 2.80. The fourth-order valence-corrected chi connectivity index (χ4v) is 1.91. The minimum atomic E-state index is -0.0514. The van der Waals surface area contributed by atoms with E-state index < -0.39 is 0 Å². The van der Waals surface area contributed by atoms with Crippen molar-refractivity contribution in [1.29, 1.82) is 0 Å². The SMILES string of the molecule is O=CNCCOCCOCC(=O)NC1CCCC1. The van der Waals surface area contributed by atoms with E-state index in [0.717, 1.165) is 12.8 Å². The number of carbonyl (C=O) groups excluding carboxylic acids is 2. The molecule has 2 N–H and O–H groups in total. The molecule has 0 spiro atoms.